The van der Waals surface area contributed by atoms with Crippen LogP contribution in [0.3, 0.4) is 0 Å². The molecule has 0 atom stereocenters. The lowest BCUT2D eigenvalue weighted by Gasteiger charge is -2.14. The summed E-state index contributed by atoms with van der Waals surface area (Å²) in [4.78, 5) is 0. The van der Waals surface area contributed by atoms with Gasteiger partial charge in [0.2, 0.25) is 0 Å². The van der Waals surface area contributed by atoms with Crippen LogP contribution in [-0.2, 0) is 17.3 Å². The van der Waals surface area contributed by atoms with E-state index < -0.39 is 0 Å². The summed E-state index contributed by atoms with van der Waals surface area (Å²) >= 11 is 0. The molecule has 2 aromatic carbocycles. The van der Waals surface area contributed by atoms with Gasteiger partial charge in [-0.3, -0.25) is 0 Å². The van der Waals surface area contributed by atoms with Gasteiger partial charge in [-0.2, -0.15) is 0 Å². The fourth-order valence-electron chi connectivity index (χ4n) is 2.18. The van der Waals surface area contributed by atoms with Crippen molar-refractivity contribution in [1.82, 2.24) is 0 Å². The zero-order chi connectivity index (χ0) is 13.3. The highest BCUT2D eigenvalue weighted by atomic mass is 16.4. The van der Waals surface area contributed by atoms with Gasteiger partial charge < -0.3 is 10.4 Å². The van der Waals surface area contributed by atoms with Crippen LogP contribution < -0.4 is 5.73 Å². The van der Waals surface area contributed by atoms with Gasteiger partial charge in [0.1, 0.15) is 0 Å². The van der Waals surface area contributed by atoms with Crippen LogP contribution in [0.5, 0.6) is 0 Å². The molecule has 0 fully saturated rings. The van der Waals surface area contributed by atoms with Crippen molar-refractivity contribution in [1.29, 1.82) is 0 Å². The predicted octanol–water partition coefficient (Wildman–Crippen LogP) is 2.52. The molecule has 0 aromatic heterocycles. The molecule has 0 aliphatic carbocycles. The van der Waals surface area contributed by atoms with E-state index >= 15 is 0 Å². The van der Waals surface area contributed by atoms with E-state index in [4.69, 9.17) is 10.4 Å². The van der Waals surface area contributed by atoms with Crippen molar-refractivity contribution < 1.29 is 4.65 Å². The molecular formula is C16H20BNO. The summed E-state index contributed by atoms with van der Waals surface area (Å²) in [6, 6.07) is 20.9. The van der Waals surface area contributed by atoms with Crippen LogP contribution in [0, 0.1) is 0 Å². The van der Waals surface area contributed by atoms with Crippen LogP contribution in [0.2, 0.25) is 0 Å². The van der Waals surface area contributed by atoms with Crippen LogP contribution in [0.4, 0.5) is 0 Å². The Kier molecular flexibility index (Phi) is 5.66. The molecule has 0 spiro atoms. The summed E-state index contributed by atoms with van der Waals surface area (Å²) in [6.45, 7) is 1.37. The second-order valence-electron chi connectivity index (χ2n) is 4.66. The van der Waals surface area contributed by atoms with E-state index in [0.29, 0.717) is 13.2 Å². The lowest BCUT2D eigenvalue weighted by Crippen LogP contribution is -2.28. The Bertz CT molecular complexity index is 419. The Morgan fingerprint density at radius 2 is 1.26 bits per heavy atom. The second-order valence-corrected chi connectivity index (χ2v) is 4.66. The van der Waals surface area contributed by atoms with Gasteiger partial charge in [-0.05, 0) is 12.6 Å². The molecule has 0 aliphatic rings. The smallest absolute Gasteiger partial charge is 0.301 e. The third-order valence-electron chi connectivity index (χ3n) is 3.08. The van der Waals surface area contributed by atoms with Crippen molar-refractivity contribution in [3.63, 3.8) is 0 Å². The molecule has 98 valence electrons. The van der Waals surface area contributed by atoms with Gasteiger partial charge in [0.15, 0.2) is 0 Å². The van der Waals surface area contributed by atoms with Gasteiger partial charge >= 0.3 is 6.92 Å². The number of hydrogen-bond donors (Lipinski definition) is 1. The van der Waals surface area contributed by atoms with E-state index in [-0.39, 0.29) is 6.92 Å². The van der Waals surface area contributed by atoms with Gasteiger partial charge in [0.05, 0.1) is 0 Å². The minimum absolute atomic E-state index is 0.188. The van der Waals surface area contributed by atoms with Crippen molar-refractivity contribution in [2.24, 2.45) is 5.73 Å². The molecule has 0 saturated carbocycles. The fourth-order valence-corrected chi connectivity index (χ4v) is 2.18. The van der Waals surface area contributed by atoms with E-state index in [1.807, 2.05) is 12.1 Å². The third kappa shape index (κ3) is 4.89. The van der Waals surface area contributed by atoms with Crippen LogP contribution >= 0.6 is 0 Å². The molecule has 0 saturated heterocycles. The Balaban J connectivity index is 1.99. The Hall–Kier alpha value is -1.58. The standard InChI is InChI=1S/C16H20BNO/c18-11-12-19-17(13-15-7-3-1-4-8-15)14-16-9-5-2-6-10-16/h1-10H,11-14,18H2. The molecule has 3 heteroatoms. The van der Waals surface area contributed by atoms with E-state index in [0.717, 1.165) is 12.6 Å². The molecule has 2 nitrogen and oxygen atoms in total. The van der Waals surface area contributed by atoms with Crippen LogP contribution in [-0.4, -0.2) is 20.1 Å². The Morgan fingerprint density at radius 3 is 1.68 bits per heavy atom. The quantitative estimate of drug-likeness (QED) is 0.769. The molecule has 0 heterocycles. The lowest BCUT2D eigenvalue weighted by molar-refractivity contribution is 0.328. The third-order valence-corrected chi connectivity index (χ3v) is 3.08. The first-order chi connectivity index (χ1) is 9.38. The molecule has 0 amide bonds. The molecule has 0 bridgehead atoms. The van der Waals surface area contributed by atoms with Gasteiger partial charge in [-0.15, -0.1) is 0 Å². The zero-order valence-electron chi connectivity index (χ0n) is 11.2. The summed E-state index contributed by atoms with van der Waals surface area (Å²) in [5.74, 6) is 0. The minimum Gasteiger partial charge on any atom is -0.434 e. The molecule has 0 unspecified atom stereocenters. The first-order valence-electron chi connectivity index (χ1n) is 6.78. The SMILES string of the molecule is NCCOB(Cc1ccccc1)Cc1ccccc1. The van der Waals surface area contributed by atoms with Crippen molar-refractivity contribution >= 4 is 6.92 Å². The van der Waals surface area contributed by atoms with Crippen molar-refractivity contribution in [2.75, 3.05) is 13.2 Å². The normalized spacial score (nSPS) is 10.4. The number of hydrogen-bond acceptors (Lipinski definition) is 2. The number of nitrogens with two attached hydrogens (primary N) is 1. The summed E-state index contributed by atoms with van der Waals surface area (Å²) in [5.41, 5.74) is 8.15. The highest BCUT2D eigenvalue weighted by Gasteiger charge is 2.16. The number of rotatable bonds is 7. The summed E-state index contributed by atoms with van der Waals surface area (Å²) in [7, 11) is 0. The highest BCUT2D eigenvalue weighted by molar-refractivity contribution is 6.50. The van der Waals surface area contributed by atoms with Crippen LogP contribution in [0.1, 0.15) is 11.1 Å². The average molecular weight is 253 g/mol. The first-order valence-corrected chi connectivity index (χ1v) is 6.78. The average Bonchev–Trinajstić information content (AvgIpc) is 2.47. The monoisotopic (exact) mass is 253 g/mol. The molecule has 0 radical (unpaired) electrons. The molecule has 0 aliphatic heterocycles. The summed E-state index contributed by atoms with van der Waals surface area (Å²) in [6.07, 6.45) is 1.85. The zero-order valence-corrected chi connectivity index (χ0v) is 11.2. The van der Waals surface area contributed by atoms with Crippen LogP contribution in [0.15, 0.2) is 60.7 Å². The Labute approximate surface area is 115 Å². The highest BCUT2D eigenvalue weighted by Crippen LogP contribution is 2.09. The molecule has 2 rings (SSSR count). The minimum atomic E-state index is 0.188. The second kappa shape index (κ2) is 7.77. The number of benzene rings is 2. The van der Waals surface area contributed by atoms with Crippen molar-refractivity contribution in [2.45, 2.75) is 12.6 Å². The van der Waals surface area contributed by atoms with Gasteiger partial charge in [-0.25, -0.2) is 0 Å². The maximum atomic E-state index is 5.87. The molecule has 2 N–H and O–H groups in total. The van der Waals surface area contributed by atoms with E-state index in [2.05, 4.69) is 48.5 Å². The molecular weight excluding hydrogens is 233 g/mol. The maximum Gasteiger partial charge on any atom is 0.301 e. The summed E-state index contributed by atoms with van der Waals surface area (Å²) < 4.78 is 5.87. The van der Waals surface area contributed by atoms with Crippen LogP contribution in [0.25, 0.3) is 0 Å². The molecule has 19 heavy (non-hydrogen) atoms. The van der Waals surface area contributed by atoms with Gasteiger partial charge in [-0.1, -0.05) is 71.8 Å². The Morgan fingerprint density at radius 1 is 0.789 bits per heavy atom. The lowest BCUT2D eigenvalue weighted by atomic mass is 9.58. The fraction of sp³-hybridized carbons (Fsp3) is 0.250. The van der Waals surface area contributed by atoms with Crippen molar-refractivity contribution in [3.05, 3.63) is 71.8 Å². The van der Waals surface area contributed by atoms with Gasteiger partial charge in [0, 0.05) is 13.2 Å². The maximum absolute atomic E-state index is 5.87. The van der Waals surface area contributed by atoms with Crippen molar-refractivity contribution in [3.8, 4) is 0 Å². The van der Waals surface area contributed by atoms with Gasteiger partial charge in [0.25, 0.3) is 0 Å². The summed E-state index contributed by atoms with van der Waals surface area (Å²) in [5, 5.41) is 0. The topological polar surface area (TPSA) is 35.2 Å². The largest absolute Gasteiger partial charge is 0.434 e. The molecule has 2 aromatic rings. The van der Waals surface area contributed by atoms with E-state index in [1.54, 1.807) is 0 Å². The predicted molar refractivity (Wildman–Crippen MR) is 81.1 cm³/mol. The van der Waals surface area contributed by atoms with E-state index in [1.165, 1.54) is 11.1 Å². The first kappa shape index (κ1) is 13.8. The van der Waals surface area contributed by atoms with E-state index in [9.17, 15) is 0 Å².